The average Bonchev–Trinajstić information content (AvgIpc) is 3.36. The molecule has 2 atom stereocenters. The van der Waals surface area contributed by atoms with Gasteiger partial charge in [0.05, 0.1) is 7.11 Å². The van der Waals surface area contributed by atoms with E-state index in [2.05, 4.69) is 4.74 Å². The van der Waals surface area contributed by atoms with E-state index in [9.17, 15) is 9.59 Å². The van der Waals surface area contributed by atoms with Crippen LogP contribution in [0.15, 0.2) is 54.3 Å². The minimum absolute atomic E-state index is 0.281. The number of amides is 1. The maximum absolute atomic E-state index is 12.0. The summed E-state index contributed by atoms with van der Waals surface area (Å²) in [5, 5.41) is 0. The third-order valence-electron chi connectivity index (χ3n) is 3.41. The summed E-state index contributed by atoms with van der Waals surface area (Å²) in [5.74, 6) is 0.108. The van der Waals surface area contributed by atoms with Crippen molar-refractivity contribution >= 4 is 12.1 Å². The van der Waals surface area contributed by atoms with Crippen LogP contribution in [-0.4, -0.2) is 42.8 Å². The fourth-order valence-electron chi connectivity index (χ4n) is 2.16. The molecule has 0 aliphatic carbocycles. The lowest BCUT2D eigenvalue weighted by Gasteiger charge is -2.19. The van der Waals surface area contributed by atoms with Gasteiger partial charge in [-0.25, -0.2) is 9.59 Å². The van der Waals surface area contributed by atoms with Gasteiger partial charge in [0.15, 0.2) is 6.10 Å². The van der Waals surface area contributed by atoms with E-state index in [1.54, 1.807) is 36.5 Å². The molecule has 0 unspecified atom stereocenters. The van der Waals surface area contributed by atoms with E-state index >= 15 is 0 Å². The van der Waals surface area contributed by atoms with Crippen molar-refractivity contribution in [2.24, 2.45) is 0 Å². The summed E-state index contributed by atoms with van der Waals surface area (Å²) in [7, 11) is 1.33. The number of methoxy groups -OCH3 is 1. The van der Waals surface area contributed by atoms with Crippen LogP contribution in [0.5, 0.6) is 5.75 Å². The molecule has 6 nitrogen and oxygen atoms in total. The number of benzene rings is 1. The number of ether oxygens (including phenoxy) is 3. The predicted octanol–water partition coefficient (Wildman–Crippen LogP) is 1.88. The number of hydrogen-bond acceptors (Lipinski definition) is 5. The Kier molecular flexibility index (Phi) is 3.93. The lowest BCUT2D eigenvalue weighted by atomic mass is 10.1. The highest BCUT2D eigenvalue weighted by Gasteiger charge is 2.48. The zero-order valence-corrected chi connectivity index (χ0v) is 12.0. The lowest BCUT2D eigenvalue weighted by molar-refractivity contribution is -0.142. The van der Waals surface area contributed by atoms with Crippen LogP contribution in [0.4, 0.5) is 4.79 Å². The summed E-state index contributed by atoms with van der Waals surface area (Å²) in [6.07, 6.45) is 3.92. The number of nitrogens with zero attached hydrogens (tertiary/aromatic N) is 1. The van der Waals surface area contributed by atoms with Gasteiger partial charge < -0.3 is 14.2 Å². The van der Waals surface area contributed by atoms with Crippen LogP contribution in [-0.2, 0) is 14.3 Å². The molecule has 1 saturated heterocycles. The van der Waals surface area contributed by atoms with Gasteiger partial charge in [0.25, 0.3) is 0 Å². The van der Waals surface area contributed by atoms with Gasteiger partial charge in [0, 0.05) is 12.7 Å². The Balaban J connectivity index is 1.55. The van der Waals surface area contributed by atoms with Crippen LogP contribution >= 0.6 is 0 Å². The molecule has 0 N–H and O–H groups in total. The fourth-order valence-corrected chi connectivity index (χ4v) is 2.16. The van der Waals surface area contributed by atoms with Crippen molar-refractivity contribution in [3.05, 3.63) is 54.3 Å². The van der Waals surface area contributed by atoms with Gasteiger partial charge in [-0.15, -0.1) is 0 Å². The molecule has 1 amide bonds. The van der Waals surface area contributed by atoms with Crippen molar-refractivity contribution < 1.29 is 23.8 Å². The van der Waals surface area contributed by atoms with Crippen LogP contribution < -0.4 is 4.74 Å². The van der Waals surface area contributed by atoms with E-state index in [0.717, 1.165) is 5.57 Å². The van der Waals surface area contributed by atoms with E-state index in [0.29, 0.717) is 12.3 Å². The SMILES string of the molecule is COC(=O)[C@H]1O[C@H]1C1=CCN(C(=O)Oc2ccccc2)C=C1. The molecule has 0 bridgehead atoms. The first-order valence-electron chi connectivity index (χ1n) is 6.84. The van der Waals surface area contributed by atoms with Crippen LogP contribution in [0.2, 0.25) is 0 Å². The molecule has 2 aliphatic heterocycles. The van der Waals surface area contributed by atoms with Crippen LogP contribution in [0, 0.1) is 0 Å². The largest absolute Gasteiger partial charge is 0.467 e. The first-order valence-corrected chi connectivity index (χ1v) is 6.84. The Morgan fingerprint density at radius 3 is 2.68 bits per heavy atom. The molecular weight excluding hydrogens is 286 g/mol. The lowest BCUT2D eigenvalue weighted by Crippen LogP contribution is -2.31. The number of rotatable bonds is 3. The van der Waals surface area contributed by atoms with Gasteiger partial charge in [0.1, 0.15) is 11.9 Å². The second-order valence-electron chi connectivity index (χ2n) is 4.85. The fraction of sp³-hybridized carbons (Fsp3) is 0.250. The molecule has 0 saturated carbocycles. The molecule has 1 aromatic rings. The minimum Gasteiger partial charge on any atom is -0.467 e. The summed E-state index contributed by atoms with van der Waals surface area (Å²) in [4.78, 5) is 24.8. The Bertz CT molecular complexity index is 637. The van der Waals surface area contributed by atoms with Gasteiger partial charge >= 0.3 is 12.1 Å². The van der Waals surface area contributed by atoms with E-state index in [4.69, 9.17) is 9.47 Å². The summed E-state index contributed by atoms with van der Waals surface area (Å²) in [6, 6.07) is 8.87. The normalized spacial score (nSPS) is 22.8. The zero-order valence-electron chi connectivity index (χ0n) is 12.0. The average molecular weight is 301 g/mol. The molecule has 2 aliphatic rings. The molecule has 0 aromatic heterocycles. The van der Waals surface area contributed by atoms with Gasteiger partial charge in [0.2, 0.25) is 0 Å². The number of epoxide rings is 1. The molecule has 1 fully saturated rings. The number of carbonyl (C=O) groups is 2. The first-order chi connectivity index (χ1) is 10.7. The molecule has 1 aromatic carbocycles. The van der Waals surface area contributed by atoms with Crippen molar-refractivity contribution in [1.29, 1.82) is 0 Å². The van der Waals surface area contributed by atoms with E-state index in [-0.39, 0.29) is 12.1 Å². The summed E-state index contributed by atoms with van der Waals surface area (Å²) < 4.78 is 15.1. The topological polar surface area (TPSA) is 68.4 Å². The maximum Gasteiger partial charge on any atom is 0.419 e. The third-order valence-corrected chi connectivity index (χ3v) is 3.41. The van der Waals surface area contributed by atoms with Gasteiger partial charge in [-0.05, 0) is 23.8 Å². The van der Waals surface area contributed by atoms with Crippen LogP contribution in [0.25, 0.3) is 0 Å². The summed E-state index contributed by atoms with van der Waals surface area (Å²) >= 11 is 0. The van der Waals surface area contributed by atoms with Gasteiger partial charge in [-0.1, -0.05) is 24.3 Å². The predicted molar refractivity (Wildman–Crippen MR) is 77.1 cm³/mol. The second-order valence-corrected chi connectivity index (χ2v) is 4.85. The van der Waals surface area contributed by atoms with Crippen molar-refractivity contribution in [1.82, 2.24) is 4.90 Å². The smallest absolute Gasteiger partial charge is 0.419 e. The second kappa shape index (κ2) is 6.03. The maximum atomic E-state index is 12.0. The Morgan fingerprint density at radius 2 is 2.05 bits per heavy atom. The van der Waals surface area contributed by atoms with Crippen molar-refractivity contribution in [2.45, 2.75) is 12.2 Å². The molecule has 0 radical (unpaired) electrons. The molecule has 114 valence electrons. The van der Waals surface area contributed by atoms with Crippen molar-refractivity contribution in [3.63, 3.8) is 0 Å². The quantitative estimate of drug-likeness (QED) is 0.630. The van der Waals surface area contributed by atoms with E-state index < -0.39 is 12.2 Å². The van der Waals surface area contributed by atoms with Crippen molar-refractivity contribution in [3.8, 4) is 5.75 Å². The molecule has 0 spiro atoms. The molecule has 22 heavy (non-hydrogen) atoms. The third kappa shape index (κ3) is 3.01. The van der Waals surface area contributed by atoms with Gasteiger partial charge in [-0.3, -0.25) is 4.90 Å². The molecule has 2 heterocycles. The first kappa shape index (κ1) is 14.3. The molecular formula is C16H15NO5. The highest BCUT2D eigenvalue weighted by atomic mass is 16.6. The number of carbonyl (C=O) groups excluding carboxylic acids is 2. The Labute approximate surface area is 127 Å². The number of para-hydroxylation sites is 1. The standard InChI is InChI=1S/C16H15NO5/c1-20-15(18)14-13(22-14)11-7-9-17(10-8-11)16(19)21-12-5-3-2-4-6-12/h2-9,13-14H,10H2,1H3/t13-,14-/m0/s1. The minimum atomic E-state index is -0.538. The van der Waals surface area contributed by atoms with E-state index in [1.807, 2.05) is 12.1 Å². The Morgan fingerprint density at radius 1 is 1.27 bits per heavy atom. The number of hydrogen-bond donors (Lipinski definition) is 0. The molecule has 3 rings (SSSR count). The summed E-state index contributed by atoms with van der Waals surface area (Å²) in [5.41, 5.74) is 0.860. The number of esters is 1. The van der Waals surface area contributed by atoms with Crippen LogP contribution in [0.3, 0.4) is 0 Å². The Hall–Kier alpha value is -2.60. The van der Waals surface area contributed by atoms with Crippen molar-refractivity contribution in [2.75, 3.05) is 13.7 Å². The molecule has 6 heteroatoms. The van der Waals surface area contributed by atoms with Crippen LogP contribution in [0.1, 0.15) is 0 Å². The van der Waals surface area contributed by atoms with Gasteiger partial charge in [-0.2, -0.15) is 0 Å². The van der Waals surface area contributed by atoms with E-state index in [1.165, 1.54) is 12.0 Å². The zero-order chi connectivity index (χ0) is 15.5. The highest BCUT2D eigenvalue weighted by molar-refractivity contribution is 5.79. The highest BCUT2D eigenvalue weighted by Crippen LogP contribution is 2.32. The monoisotopic (exact) mass is 301 g/mol. The summed E-state index contributed by atoms with van der Waals surface area (Å²) in [6.45, 7) is 0.366.